The second-order valence-corrected chi connectivity index (χ2v) is 4.76. The van der Waals surface area contributed by atoms with E-state index in [4.69, 9.17) is 4.74 Å². The molecule has 0 aliphatic carbocycles. The van der Waals surface area contributed by atoms with E-state index in [0.29, 0.717) is 11.0 Å². The Morgan fingerprint density at radius 1 is 1.39 bits per heavy atom. The fourth-order valence-corrected chi connectivity index (χ4v) is 2.07. The summed E-state index contributed by atoms with van der Waals surface area (Å²) in [7, 11) is 1.48. The molecular weight excluding hydrogens is 252 g/mol. The molecule has 0 saturated carbocycles. The van der Waals surface area contributed by atoms with Crippen LogP contribution in [0.15, 0.2) is 12.4 Å². The molecule has 18 heavy (non-hydrogen) atoms. The molecule has 2 heterocycles. The van der Waals surface area contributed by atoms with Crippen LogP contribution in [0.1, 0.15) is 21.1 Å². The van der Waals surface area contributed by atoms with Crippen molar-refractivity contribution in [3.05, 3.63) is 28.7 Å². The van der Waals surface area contributed by atoms with Crippen molar-refractivity contribution in [1.82, 2.24) is 15.0 Å². The number of ether oxygens (including phenoxy) is 1. The van der Waals surface area contributed by atoms with Crippen molar-refractivity contribution in [3.63, 3.8) is 0 Å². The first-order valence-corrected chi connectivity index (χ1v) is 6.03. The molecule has 0 fully saturated rings. The summed E-state index contributed by atoms with van der Waals surface area (Å²) in [4.78, 5) is 24.9. The lowest BCUT2D eigenvalue weighted by Crippen LogP contribution is -2.13. The van der Waals surface area contributed by atoms with Crippen molar-refractivity contribution in [1.29, 1.82) is 0 Å². The maximum absolute atomic E-state index is 11.9. The minimum Gasteiger partial charge on any atom is -0.481 e. The van der Waals surface area contributed by atoms with Crippen LogP contribution in [0.4, 0.5) is 5.13 Å². The van der Waals surface area contributed by atoms with Gasteiger partial charge in [0.05, 0.1) is 12.8 Å². The van der Waals surface area contributed by atoms with Crippen molar-refractivity contribution in [2.45, 2.75) is 13.8 Å². The van der Waals surface area contributed by atoms with Gasteiger partial charge in [-0.05, 0) is 13.8 Å². The second kappa shape index (κ2) is 5.09. The molecule has 2 rings (SSSR count). The third-order valence-electron chi connectivity index (χ3n) is 2.33. The van der Waals surface area contributed by atoms with E-state index in [1.54, 1.807) is 0 Å². The molecule has 0 bridgehead atoms. The van der Waals surface area contributed by atoms with Gasteiger partial charge in [0.15, 0.2) is 5.13 Å². The van der Waals surface area contributed by atoms with Gasteiger partial charge < -0.3 is 4.74 Å². The lowest BCUT2D eigenvalue weighted by molar-refractivity contribution is 0.102. The lowest BCUT2D eigenvalue weighted by Gasteiger charge is -2.02. The SMILES string of the molecule is COc1cc(C(=O)Nc2nc(C)c(C)s2)ncn1. The summed E-state index contributed by atoms with van der Waals surface area (Å²) in [5.41, 5.74) is 1.16. The van der Waals surface area contributed by atoms with Gasteiger partial charge in [-0.1, -0.05) is 0 Å². The van der Waals surface area contributed by atoms with Crippen molar-refractivity contribution >= 4 is 22.4 Å². The molecule has 0 saturated heterocycles. The van der Waals surface area contributed by atoms with Gasteiger partial charge in [0.1, 0.15) is 12.0 Å². The number of rotatable bonds is 3. The highest BCUT2D eigenvalue weighted by Crippen LogP contribution is 2.21. The number of aryl methyl sites for hydroxylation is 2. The molecule has 0 radical (unpaired) electrons. The first-order valence-electron chi connectivity index (χ1n) is 5.21. The Labute approximate surface area is 108 Å². The maximum atomic E-state index is 11.9. The standard InChI is InChI=1S/C11H12N4O2S/c1-6-7(2)18-11(14-6)15-10(16)8-4-9(17-3)13-5-12-8/h4-5H,1-3H3,(H,14,15,16). The van der Waals surface area contributed by atoms with Crippen LogP contribution in [0.5, 0.6) is 5.88 Å². The van der Waals surface area contributed by atoms with Gasteiger partial charge in [0.2, 0.25) is 5.88 Å². The van der Waals surface area contributed by atoms with E-state index in [9.17, 15) is 4.79 Å². The summed E-state index contributed by atoms with van der Waals surface area (Å²) in [5.74, 6) is 0.0195. The summed E-state index contributed by atoms with van der Waals surface area (Å²) in [6, 6.07) is 1.47. The third-order valence-corrected chi connectivity index (χ3v) is 3.32. The number of carbonyl (C=O) groups excluding carboxylic acids is 1. The molecule has 0 unspecified atom stereocenters. The number of carbonyl (C=O) groups is 1. The molecular formula is C11H12N4O2S. The smallest absolute Gasteiger partial charge is 0.276 e. The molecule has 1 N–H and O–H groups in total. The van der Waals surface area contributed by atoms with Crippen molar-refractivity contribution in [3.8, 4) is 5.88 Å². The first-order chi connectivity index (χ1) is 8.60. The van der Waals surface area contributed by atoms with E-state index in [2.05, 4.69) is 20.3 Å². The monoisotopic (exact) mass is 264 g/mol. The van der Waals surface area contributed by atoms with Gasteiger partial charge in [-0.15, -0.1) is 11.3 Å². The Balaban J connectivity index is 2.16. The Bertz CT molecular complexity index is 563. The fourth-order valence-electron chi connectivity index (χ4n) is 1.26. The summed E-state index contributed by atoms with van der Waals surface area (Å²) in [5, 5.41) is 3.26. The van der Waals surface area contributed by atoms with E-state index < -0.39 is 0 Å². The summed E-state index contributed by atoms with van der Waals surface area (Å²) in [6.07, 6.45) is 1.28. The van der Waals surface area contributed by atoms with Crippen LogP contribution >= 0.6 is 11.3 Å². The number of amides is 1. The highest BCUT2D eigenvalue weighted by Gasteiger charge is 2.12. The van der Waals surface area contributed by atoms with Crippen LogP contribution in [-0.2, 0) is 0 Å². The Hall–Kier alpha value is -2.02. The number of nitrogens with one attached hydrogen (secondary N) is 1. The predicted octanol–water partition coefficient (Wildman–Crippen LogP) is 1.81. The Morgan fingerprint density at radius 2 is 2.17 bits per heavy atom. The van der Waals surface area contributed by atoms with Crippen LogP contribution in [0.25, 0.3) is 0 Å². The van der Waals surface area contributed by atoms with Gasteiger partial charge in [-0.3, -0.25) is 10.1 Å². The van der Waals surface area contributed by atoms with Crippen molar-refractivity contribution < 1.29 is 9.53 Å². The van der Waals surface area contributed by atoms with E-state index in [-0.39, 0.29) is 11.6 Å². The fraction of sp³-hybridized carbons (Fsp3) is 0.273. The van der Waals surface area contributed by atoms with Gasteiger partial charge in [-0.25, -0.2) is 15.0 Å². The number of methoxy groups -OCH3 is 1. The number of hydrogen-bond acceptors (Lipinski definition) is 6. The number of nitrogens with zero attached hydrogens (tertiary/aromatic N) is 3. The second-order valence-electron chi connectivity index (χ2n) is 3.56. The number of thiazole rings is 1. The summed E-state index contributed by atoms with van der Waals surface area (Å²) < 4.78 is 4.93. The summed E-state index contributed by atoms with van der Waals surface area (Å²) >= 11 is 1.43. The normalized spacial score (nSPS) is 10.2. The first kappa shape index (κ1) is 12.4. The molecule has 7 heteroatoms. The average molecular weight is 264 g/mol. The van der Waals surface area contributed by atoms with Crippen LogP contribution in [0.3, 0.4) is 0 Å². The molecule has 0 aromatic carbocycles. The van der Waals surface area contributed by atoms with Crippen LogP contribution < -0.4 is 10.1 Å². The number of anilines is 1. The zero-order valence-corrected chi connectivity index (χ0v) is 11.0. The van der Waals surface area contributed by atoms with E-state index in [1.165, 1.54) is 30.8 Å². The quantitative estimate of drug-likeness (QED) is 0.914. The number of aromatic nitrogens is 3. The third kappa shape index (κ3) is 2.62. The largest absolute Gasteiger partial charge is 0.481 e. The lowest BCUT2D eigenvalue weighted by atomic mass is 10.4. The van der Waals surface area contributed by atoms with Crippen molar-refractivity contribution in [2.75, 3.05) is 12.4 Å². The molecule has 0 spiro atoms. The van der Waals surface area contributed by atoms with Gasteiger partial charge in [0.25, 0.3) is 5.91 Å². The molecule has 1 amide bonds. The number of hydrogen-bond donors (Lipinski definition) is 1. The molecule has 2 aromatic rings. The molecule has 94 valence electrons. The summed E-state index contributed by atoms with van der Waals surface area (Å²) in [6.45, 7) is 3.85. The Morgan fingerprint density at radius 3 is 2.78 bits per heavy atom. The van der Waals surface area contributed by atoms with Gasteiger partial charge >= 0.3 is 0 Å². The maximum Gasteiger partial charge on any atom is 0.276 e. The molecule has 0 aliphatic heterocycles. The van der Waals surface area contributed by atoms with Crippen molar-refractivity contribution in [2.24, 2.45) is 0 Å². The Kier molecular flexibility index (Phi) is 3.52. The van der Waals surface area contributed by atoms with Crippen LogP contribution in [0, 0.1) is 13.8 Å². The highest BCUT2D eigenvalue weighted by molar-refractivity contribution is 7.15. The zero-order valence-electron chi connectivity index (χ0n) is 10.2. The zero-order chi connectivity index (χ0) is 13.1. The molecule has 6 nitrogen and oxygen atoms in total. The molecule has 0 aliphatic rings. The van der Waals surface area contributed by atoms with Gasteiger partial charge in [-0.2, -0.15) is 0 Å². The van der Waals surface area contributed by atoms with Crippen LogP contribution in [-0.4, -0.2) is 28.0 Å². The highest BCUT2D eigenvalue weighted by atomic mass is 32.1. The molecule has 0 atom stereocenters. The van der Waals surface area contributed by atoms with E-state index >= 15 is 0 Å². The van der Waals surface area contributed by atoms with Crippen LogP contribution in [0.2, 0.25) is 0 Å². The molecule has 2 aromatic heterocycles. The predicted molar refractivity (Wildman–Crippen MR) is 68.1 cm³/mol. The topological polar surface area (TPSA) is 77.0 Å². The minimum absolute atomic E-state index is 0.243. The minimum atomic E-state index is -0.329. The van der Waals surface area contributed by atoms with E-state index in [0.717, 1.165) is 10.6 Å². The van der Waals surface area contributed by atoms with Gasteiger partial charge in [0, 0.05) is 10.9 Å². The van der Waals surface area contributed by atoms with E-state index in [1.807, 2.05) is 13.8 Å². The average Bonchev–Trinajstić information content (AvgIpc) is 2.68.